The fourth-order valence-electron chi connectivity index (χ4n) is 5.49. The summed E-state index contributed by atoms with van der Waals surface area (Å²) in [4.78, 5) is 44.5. The maximum absolute atomic E-state index is 14.9. The van der Waals surface area contributed by atoms with Gasteiger partial charge in [0.15, 0.2) is 0 Å². The van der Waals surface area contributed by atoms with E-state index in [0.717, 1.165) is 5.56 Å². The lowest BCUT2D eigenvalue weighted by atomic mass is 9.93. The zero-order valence-electron chi connectivity index (χ0n) is 23.5. The Morgan fingerprint density at radius 2 is 2.02 bits per heavy atom. The summed E-state index contributed by atoms with van der Waals surface area (Å²) in [6.07, 6.45) is 1.38. The molecule has 0 radical (unpaired) electrons. The molecule has 3 aromatic rings. The van der Waals surface area contributed by atoms with Gasteiger partial charge < -0.3 is 19.7 Å². The van der Waals surface area contributed by atoms with Gasteiger partial charge in [0.1, 0.15) is 11.9 Å². The summed E-state index contributed by atoms with van der Waals surface area (Å²) >= 11 is 5.98. The molecule has 0 aliphatic carbocycles. The maximum Gasteiger partial charge on any atom is 0.411 e. The fourth-order valence-corrected chi connectivity index (χ4v) is 5.65. The highest BCUT2D eigenvalue weighted by Gasteiger charge is 2.36. The van der Waals surface area contributed by atoms with Crippen molar-refractivity contribution in [1.29, 1.82) is 5.26 Å². The Labute approximate surface area is 252 Å². The second-order valence-corrected chi connectivity index (χ2v) is 10.9. The molecule has 2 aliphatic heterocycles. The fraction of sp³-hybridized carbons (Fsp3) is 0.323. The van der Waals surface area contributed by atoms with Crippen LogP contribution in [0.5, 0.6) is 0 Å². The molecule has 2 aliphatic rings. The average molecular weight is 606 g/mol. The standard InChI is InChI=1S/C31H29ClFN5O5/c1-17-4-3-5-25(38-13-11-26(43-31(38)41)27-19(16-34)6-9-22(32)28(27)33)18-10-12-35-23(14-18)21-8-7-20(36-30(40)42-2)15-24(21)37-29(17)39/h6-10,12,14-15,17,25-26H,3-5,11,13H2,1-2H3,(H,36,40)(H,37,39). The molecule has 1 saturated heterocycles. The molecule has 2 aromatic carbocycles. The number of halogens is 2. The number of fused-ring (bicyclic) bond motifs is 4. The number of aromatic nitrogens is 1. The van der Waals surface area contributed by atoms with E-state index in [1.807, 2.05) is 25.1 Å². The first-order valence-corrected chi connectivity index (χ1v) is 14.2. The smallest absolute Gasteiger partial charge is 0.411 e. The summed E-state index contributed by atoms with van der Waals surface area (Å²) in [7, 11) is 1.26. The Bertz CT molecular complexity index is 1630. The molecule has 1 aromatic heterocycles. The number of nitrogens with zero attached hydrogens (tertiary/aromatic N) is 3. The Hall–Kier alpha value is -4.69. The van der Waals surface area contributed by atoms with E-state index in [1.54, 1.807) is 29.3 Å². The zero-order chi connectivity index (χ0) is 30.7. The van der Waals surface area contributed by atoms with Crippen molar-refractivity contribution in [2.45, 2.75) is 44.8 Å². The van der Waals surface area contributed by atoms with E-state index in [-0.39, 0.29) is 40.9 Å². The minimum Gasteiger partial charge on any atom is -0.453 e. The third-order valence-corrected chi connectivity index (χ3v) is 8.07. The Balaban J connectivity index is 1.48. The number of benzene rings is 2. The number of amides is 3. The number of hydrogen-bond donors (Lipinski definition) is 2. The minimum absolute atomic E-state index is 0.0228. The third kappa shape index (κ3) is 6.24. The molecule has 5 rings (SSSR count). The number of carbonyl (C=O) groups excluding carboxylic acids is 3. The van der Waals surface area contributed by atoms with Gasteiger partial charge in [-0.25, -0.2) is 14.0 Å². The average Bonchev–Trinajstić information content (AvgIpc) is 3.00. The molecule has 2 N–H and O–H groups in total. The number of anilines is 2. The Kier molecular flexibility index (Phi) is 8.78. The first-order chi connectivity index (χ1) is 20.7. The molecule has 0 saturated carbocycles. The number of cyclic esters (lactones) is 1. The van der Waals surface area contributed by atoms with Crippen LogP contribution in [-0.2, 0) is 14.3 Å². The lowest BCUT2D eigenvalue weighted by molar-refractivity contribution is -0.119. The van der Waals surface area contributed by atoms with Crippen molar-refractivity contribution in [3.63, 3.8) is 0 Å². The molecule has 12 heteroatoms. The molecule has 1 fully saturated rings. The molecule has 2 bridgehead atoms. The molecule has 3 heterocycles. The van der Waals surface area contributed by atoms with Crippen LogP contribution in [0.4, 0.5) is 25.4 Å². The minimum atomic E-state index is -0.959. The molecular formula is C31H29ClFN5O5. The summed E-state index contributed by atoms with van der Waals surface area (Å²) in [6, 6.07) is 13.0. The number of nitriles is 1. The van der Waals surface area contributed by atoms with Gasteiger partial charge in [0.05, 0.1) is 41.2 Å². The molecule has 10 nitrogen and oxygen atoms in total. The van der Waals surface area contributed by atoms with E-state index in [2.05, 4.69) is 20.4 Å². The number of carbonyl (C=O) groups is 3. The van der Waals surface area contributed by atoms with Gasteiger partial charge in [0.25, 0.3) is 0 Å². The van der Waals surface area contributed by atoms with Crippen molar-refractivity contribution in [3.05, 3.63) is 76.2 Å². The Morgan fingerprint density at radius 3 is 2.77 bits per heavy atom. The first-order valence-electron chi connectivity index (χ1n) is 13.8. The van der Waals surface area contributed by atoms with Crippen molar-refractivity contribution in [1.82, 2.24) is 9.88 Å². The van der Waals surface area contributed by atoms with Crippen molar-refractivity contribution in [3.8, 4) is 17.3 Å². The van der Waals surface area contributed by atoms with Crippen LogP contribution in [0.25, 0.3) is 11.3 Å². The molecule has 3 unspecified atom stereocenters. The van der Waals surface area contributed by atoms with Gasteiger partial charge in [-0.1, -0.05) is 24.9 Å². The number of ether oxygens (including phenoxy) is 2. The Morgan fingerprint density at radius 1 is 1.21 bits per heavy atom. The molecule has 3 amide bonds. The van der Waals surface area contributed by atoms with Gasteiger partial charge >= 0.3 is 12.2 Å². The molecular weight excluding hydrogens is 577 g/mol. The van der Waals surface area contributed by atoms with Crippen molar-refractivity contribution in [2.24, 2.45) is 5.92 Å². The number of hydrogen-bond acceptors (Lipinski definition) is 7. The van der Waals surface area contributed by atoms with Crippen LogP contribution in [0.3, 0.4) is 0 Å². The normalized spacial score (nSPS) is 20.3. The van der Waals surface area contributed by atoms with E-state index < -0.39 is 30.1 Å². The first kappa shape index (κ1) is 29.8. The highest BCUT2D eigenvalue weighted by molar-refractivity contribution is 6.30. The summed E-state index contributed by atoms with van der Waals surface area (Å²) < 4.78 is 25.4. The second-order valence-electron chi connectivity index (χ2n) is 10.5. The highest BCUT2D eigenvalue weighted by atomic mass is 35.5. The molecule has 222 valence electrons. The summed E-state index contributed by atoms with van der Waals surface area (Å²) in [5, 5.41) is 14.9. The van der Waals surface area contributed by atoms with Crippen molar-refractivity contribution >= 4 is 41.1 Å². The van der Waals surface area contributed by atoms with Crippen LogP contribution in [0.15, 0.2) is 48.7 Å². The lowest BCUT2D eigenvalue weighted by Gasteiger charge is -2.38. The summed E-state index contributed by atoms with van der Waals surface area (Å²) in [5.41, 5.74) is 2.93. The van der Waals surface area contributed by atoms with Gasteiger partial charge in [-0.15, -0.1) is 0 Å². The summed E-state index contributed by atoms with van der Waals surface area (Å²) in [5.74, 6) is -1.31. The van der Waals surface area contributed by atoms with E-state index >= 15 is 0 Å². The monoisotopic (exact) mass is 605 g/mol. The zero-order valence-corrected chi connectivity index (χ0v) is 24.3. The van der Waals surface area contributed by atoms with Crippen molar-refractivity contribution in [2.75, 3.05) is 24.3 Å². The van der Waals surface area contributed by atoms with Gasteiger partial charge in [-0.3, -0.25) is 15.1 Å². The van der Waals surface area contributed by atoms with Gasteiger partial charge in [0, 0.05) is 41.9 Å². The SMILES string of the molecule is COC(=O)Nc1ccc2c(c1)NC(=O)C(C)CCCC(N1CCC(c3c(C#N)ccc(Cl)c3F)OC1=O)c1ccnc-2c1. The van der Waals surface area contributed by atoms with E-state index in [0.29, 0.717) is 41.9 Å². The van der Waals surface area contributed by atoms with Crippen LogP contribution < -0.4 is 10.6 Å². The molecule has 43 heavy (non-hydrogen) atoms. The largest absolute Gasteiger partial charge is 0.453 e. The number of rotatable bonds is 3. The van der Waals surface area contributed by atoms with Gasteiger partial charge in [0.2, 0.25) is 5.91 Å². The summed E-state index contributed by atoms with van der Waals surface area (Å²) in [6.45, 7) is 2.08. The molecule has 0 spiro atoms. The number of pyridine rings is 1. The predicted octanol–water partition coefficient (Wildman–Crippen LogP) is 6.97. The lowest BCUT2D eigenvalue weighted by Crippen LogP contribution is -2.42. The van der Waals surface area contributed by atoms with Crippen LogP contribution in [-0.4, -0.2) is 41.6 Å². The van der Waals surface area contributed by atoms with Gasteiger partial charge in [-0.2, -0.15) is 5.26 Å². The van der Waals surface area contributed by atoms with Crippen LogP contribution in [0, 0.1) is 23.1 Å². The number of methoxy groups -OCH3 is 1. The third-order valence-electron chi connectivity index (χ3n) is 7.78. The van der Waals surface area contributed by atoms with Crippen molar-refractivity contribution < 1.29 is 28.2 Å². The number of nitrogens with one attached hydrogen (secondary N) is 2. The van der Waals surface area contributed by atoms with E-state index in [9.17, 15) is 24.0 Å². The topological polar surface area (TPSA) is 134 Å². The maximum atomic E-state index is 14.9. The van der Waals surface area contributed by atoms with E-state index in [4.69, 9.17) is 16.3 Å². The molecule has 3 atom stereocenters. The highest BCUT2D eigenvalue weighted by Crippen LogP contribution is 2.39. The quantitative estimate of drug-likeness (QED) is 0.329. The second kappa shape index (κ2) is 12.7. The van der Waals surface area contributed by atoms with Crippen LogP contribution in [0.1, 0.15) is 61.4 Å². The van der Waals surface area contributed by atoms with E-state index in [1.165, 1.54) is 19.2 Å². The van der Waals surface area contributed by atoms with Gasteiger partial charge in [-0.05, 0) is 60.9 Å². The van der Waals surface area contributed by atoms with Crippen LogP contribution in [0.2, 0.25) is 5.02 Å². The van der Waals surface area contributed by atoms with Crippen LogP contribution >= 0.6 is 11.6 Å². The predicted molar refractivity (Wildman–Crippen MR) is 157 cm³/mol.